The van der Waals surface area contributed by atoms with E-state index in [-0.39, 0.29) is 23.3 Å². The minimum atomic E-state index is -0.361. The van der Waals surface area contributed by atoms with Crippen LogP contribution in [-0.2, 0) is 9.59 Å². The first-order chi connectivity index (χ1) is 14.5. The maximum atomic E-state index is 13.8. The maximum absolute atomic E-state index is 13.8. The van der Waals surface area contributed by atoms with Crippen LogP contribution < -0.4 is 5.32 Å². The van der Waals surface area contributed by atoms with Gasteiger partial charge in [0, 0.05) is 19.2 Å². The maximum Gasteiger partial charge on any atom is 0.247 e. The summed E-state index contributed by atoms with van der Waals surface area (Å²) in [7, 11) is 0. The second-order valence-corrected chi connectivity index (χ2v) is 10.3. The Hall–Kier alpha value is -2.37. The standard InChI is InChI=1S/C24H29N3O3/c1-14-25-19-10-18(4-5-21(19)30-14)26-22(28)20-3-2-6-27(20)23(29)24-11-15-7-16(12-24)9-17(8-15)13-24/h4-5,10,15-17,20H,2-3,6-9,11-13H2,1H3,(H,26,28). The summed E-state index contributed by atoms with van der Waals surface area (Å²) in [4.78, 5) is 33.2. The predicted molar refractivity (Wildman–Crippen MR) is 113 cm³/mol. The molecule has 6 nitrogen and oxygen atoms in total. The number of nitrogens with zero attached hydrogens (tertiary/aromatic N) is 2. The largest absolute Gasteiger partial charge is 0.441 e. The van der Waals surface area contributed by atoms with Crippen LogP contribution in [0.15, 0.2) is 22.6 Å². The molecule has 5 aliphatic rings. The van der Waals surface area contributed by atoms with Crippen molar-refractivity contribution in [2.75, 3.05) is 11.9 Å². The van der Waals surface area contributed by atoms with Crippen LogP contribution >= 0.6 is 0 Å². The molecule has 1 N–H and O–H groups in total. The van der Waals surface area contributed by atoms with E-state index in [1.165, 1.54) is 19.3 Å². The first-order valence-corrected chi connectivity index (χ1v) is 11.5. The molecule has 0 radical (unpaired) electrons. The van der Waals surface area contributed by atoms with Crippen LogP contribution in [0, 0.1) is 30.1 Å². The molecule has 4 saturated carbocycles. The van der Waals surface area contributed by atoms with E-state index in [2.05, 4.69) is 10.3 Å². The summed E-state index contributed by atoms with van der Waals surface area (Å²) in [5.74, 6) is 2.98. The molecule has 2 heterocycles. The second-order valence-electron chi connectivity index (χ2n) is 10.3. The van der Waals surface area contributed by atoms with Crippen molar-refractivity contribution in [2.24, 2.45) is 23.2 Å². The van der Waals surface area contributed by atoms with Gasteiger partial charge in [-0.1, -0.05) is 0 Å². The predicted octanol–water partition coefficient (Wildman–Crippen LogP) is 4.28. The fourth-order valence-corrected chi connectivity index (χ4v) is 7.31. The third-order valence-corrected chi connectivity index (χ3v) is 8.07. The Morgan fingerprint density at radius 3 is 2.53 bits per heavy atom. The Labute approximate surface area is 176 Å². The highest BCUT2D eigenvalue weighted by Crippen LogP contribution is 2.60. The van der Waals surface area contributed by atoms with Gasteiger partial charge in [0.05, 0.1) is 5.41 Å². The van der Waals surface area contributed by atoms with Crippen LogP contribution in [0.5, 0.6) is 0 Å². The van der Waals surface area contributed by atoms with Crippen LogP contribution in [-0.4, -0.2) is 34.3 Å². The van der Waals surface area contributed by atoms with Crippen LogP contribution in [0.25, 0.3) is 11.1 Å². The molecule has 0 spiro atoms. The minimum absolute atomic E-state index is 0.0786. The van der Waals surface area contributed by atoms with E-state index in [0.29, 0.717) is 23.7 Å². The van der Waals surface area contributed by atoms with Gasteiger partial charge in [0.15, 0.2) is 11.5 Å². The van der Waals surface area contributed by atoms with Gasteiger partial charge in [-0.2, -0.15) is 0 Å². The molecule has 2 amide bonds. The van der Waals surface area contributed by atoms with Gasteiger partial charge >= 0.3 is 0 Å². The molecule has 2 aromatic rings. The molecule has 4 aliphatic carbocycles. The topological polar surface area (TPSA) is 75.4 Å². The van der Waals surface area contributed by atoms with E-state index >= 15 is 0 Å². The van der Waals surface area contributed by atoms with E-state index in [1.54, 1.807) is 0 Å². The van der Waals surface area contributed by atoms with Crippen molar-refractivity contribution in [3.63, 3.8) is 0 Å². The Kier molecular flexibility index (Phi) is 4.03. The number of hydrogen-bond donors (Lipinski definition) is 1. The quantitative estimate of drug-likeness (QED) is 0.824. The van der Waals surface area contributed by atoms with Gasteiger partial charge in [0.1, 0.15) is 11.6 Å². The summed E-state index contributed by atoms with van der Waals surface area (Å²) in [5, 5.41) is 3.03. The number of aromatic nitrogens is 1. The third-order valence-electron chi connectivity index (χ3n) is 8.07. The highest BCUT2D eigenvalue weighted by molar-refractivity contribution is 5.99. The summed E-state index contributed by atoms with van der Waals surface area (Å²) in [5.41, 5.74) is 1.97. The second kappa shape index (κ2) is 6.56. The molecule has 5 fully saturated rings. The van der Waals surface area contributed by atoms with Crippen molar-refractivity contribution in [1.82, 2.24) is 9.88 Å². The van der Waals surface area contributed by atoms with E-state index in [0.717, 1.165) is 55.4 Å². The lowest BCUT2D eigenvalue weighted by atomic mass is 9.49. The fourth-order valence-electron chi connectivity index (χ4n) is 7.31. The van der Waals surface area contributed by atoms with Gasteiger partial charge in [-0.15, -0.1) is 0 Å². The number of fused-ring (bicyclic) bond motifs is 1. The number of hydrogen-bond acceptors (Lipinski definition) is 4. The molecule has 30 heavy (non-hydrogen) atoms. The van der Waals surface area contributed by atoms with Crippen LogP contribution in [0.3, 0.4) is 0 Å². The normalized spacial score (nSPS) is 34.6. The SMILES string of the molecule is Cc1nc2cc(NC(=O)C3CCCN3C(=O)C34CC5CC(CC(C5)C3)C4)ccc2o1. The number of benzene rings is 1. The zero-order valence-electron chi connectivity index (χ0n) is 17.5. The molecule has 4 bridgehead atoms. The first kappa shape index (κ1) is 18.4. The molecule has 1 aliphatic heterocycles. The molecule has 1 aromatic carbocycles. The Bertz CT molecular complexity index is 991. The summed E-state index contributed by atoms with van der Waals surface area (Å²) < 4.78 is 5.52. The molecule has 1 saturated heterocycles. The number of nitrogens with one attached hydrogen (secondary N) is 1. The summed E-state index contributed by atoms with van der Waals surface area (Å²) in [6, 6.07) is 5.15. The van der Waals surface area contributed by atoms with E-state index in [9.17, 15) is 9.59 Å². The van der Waals surface area contributed by atoms with Gasteiger partial charge in [0.2, 0.25) is 11.8 Å². The monoisotopic (exact) mass is 407 g/mol. The van der Waals surface area contributed by atoms with Gasteiger partial charge in [0.25, 0.3) is 0 Å². The number of rotatable bonds is 3. The molecule has 158 valence electrons. The van der Waals surface area contributed by atoms with Gasteiger partial charge in [-0.25, -0.2) is 4.98 Å². The summed E-state index contributed by atoms with van der Waals surface area (Å²) >= 11 is 0. The van der Waals surface area contributed by atoms with Crippen molar-refractivity contribution in [3.8, 4) is 0 Å². The van der Waals surface area contributed by atoms with Gasteiger partial charge < -0.3 is 14.6 Å². The zero-order valence-corrected chi connectivity index (χ0v) is 17.5. The number of aryl methyl sites for hydroxylation is 1. The van der Waals surface area contributed by atoms with E-state index in [4.69, 9.17) is 4.42 Å². The van der Waals surface area contributed by atoms with Crippen LogP contribution in [0.2, 0.25) is 0 Å². The Balaban J connectivity index is 1.21. The lowest BCUT2D eigenvalue weighted by Crippen LogP contribution is -2.56. The Morgan fingerprint density at radius 2 is 1.83 bits per heavy atom. The third kappa shape index (κ3) is 2.87. The van der Waals surface area contributed by atoms with Crippen molar-refractivity contribution in [1.29, 1.82) is 0 Å². The highest BCUT2D eigenvalue weighted by atomic mass is 16.3. The number of amides is 2. The molecule has 6 heteroatoms. The average Bonchev–Trinajstić information content (AvgIpc) is 3.31. The zero-order chi connectivity index (χ0) is 20.5. The molecule has 7 rings (SSSR count). The van der Waals surface area contributed by atoms with Gasteiger partial charge in [-0.3, -0.25) is 9.59 Å². The summed E-state index contributed by atoms with van der Waals surface area (Å²) in [6.07, 6.45) is 8.74. The number of likely N-dealkylation sites (tertiary alicyclic amines) is 1. The van der Waals surface area contributed by atoms with Crippen molar-refractivity contribution < 1.29 is 14.0 Å². The number of carbonyl (C=O) groups is 2. The average molecular weight is 408 g/mol. The molecule has 1 atom stereocenters. The molecule has 1 aromatic heterocycles. The van der Waals surface area contributed by atoms with Crippen LogP contribution in [0.1, 0.15) is 57.3 Å². The fraction of sp³-hybridized carbons (Fsp3) is 0.625. The van der Waals surface area contributed by atoms with Crippen molar-refractivity contribution in [2.45, 2.75) is 64.3 Å². The van der Waals surface area contributed by atoms with Crippen LogP contribution in [0.4, 0.5) is 5.69 Å². The van der Waals surface area contributed by atoms with Gasteiger partial charge in [-0.05, 0) is 87.3 Å². The smallest absolute Gasteiger partial charge is 0.247 e. The molecular weight excluding hydrogens is 378 g/mol. The lowest BCUT2D eigenvalue weighted by Gasteiger charge is -2.56. The number of anilines is 1. The van der Waals surface area contributed by atoms with E-state index in [1.807, 2.05) is 30.0 Å². The van der Waals surface area contributed by atoms with Crippen molar-refractivity contribution in [3.05, 3.63) is 24.1 Å². The molecular formula is C24H29N3O3. The number of carbonyl (C=O) groups excluding carboxylic acids is 2. The lowest BCUT2D eigenvalue weighted by molar-refractivity contribution is -0.160. The van der Waals surface area contributed by atoms with E-state index < -0.39 is 0 Å². The minimum Gasteiger partial charge on any atom is -0.441 e. The van der Waals surface area contributed by atoms with Crippen molar-refractivity contribution >= 4 is 28.6 Å². The Morgan fingerprint density at radius 1 is 1.13 bits per heavy atom. The molecule has 1 unspecified atom stereocenters. The first-order valence-electron chi connectivity index (χ1n) is 11.5. The number of oxazole rings is 1. The highest BCUT2D eigenvalue weighted by Gasteiger charge is 2.56. The summed E-state index contributed by atoms with van der Waals surface area (Å²) in [6.45, 7) is 2.52.